The fraction of sp³-hybridized carbons (Fsp3) is 0.357. The molecule has 1 fully saturated rings. The highest BCUT2D eigenvalue weighted by molar-refractivity contribution is 6.08. The number of benzene rings is 2. The second kappa shape index (κ2) is 9.13. The Labute approximate surface area is 218 Å². The number of halogens is 2. The molecule has 6 rings (SSSR count). The quantitative estimate of drug-likeness (QED) is 0.355. The van der Waals surface area contributed by atoms with Crippen molar-refractivity contribution in [1.29, 1.82) is 0 Å². The fourth-order valence-electron chi connectivity index (χ4n) is 6.06. The molecule has 2 aromatic carbocycles. The van der Waals surface area contributed by atoms with E-state index >= 15 is 0 Å². The van der Waals surface area contributed by atoms with Crippen molar-refractivity contribution in [2.75, 3.05) is 26.2 Å². The van der Waals surface area contributed by atoms with Crippen LogP contribution in [0.25, 0.3) is 10.9 Å². The summed E-state index contributed by atoms with van der Waals surface area (Å²) >= 11 is 0. The number of aromatic nitrogens is 1. The van der Waals surface area contributed by atoms with Gasteiger partial charge in [0.15, 0.2) is 0 Å². The molecule has 0 radical (unpaired) electrons. The molecule has 3 aromatic rings. The van der Waals surface area contributed by atoms with Gasteiger partial charge in [0.1, 0.15) is 23.1 Å². The number of hydrogen-bond acceptors (Lipinski definition) is 5. The zero-order valence-corrected chi connectivity index (χ0v) is 20.9. The second-order valence-corrected chi connectivity index (χ2v) is 10.2. The molecule has 1 saturated heterocycles. The minimum Gasteiger partial charge on any atom is -0.508 e. The fourth-order valence-corrected chi connectivity index (χ4v) is 6.06. The summed E-state index contributed by atoms with van der Waals surface area (Å²) in [4.78, 5) is 36.3. The average Bonchev–Trinajstić information content (AvgIpc) is 3.56. The van der Waals surface area contributed by atoms with Crippen LogP contribution >= 0.6 is 0 Å². The summed E-state index contributed by atoms with van der Waals surface area (Å²) in [6.07, 6.45) is 5.07. The van der Waals surface area contributed by atoms with E-state index in [9.17, 15) is 23.5 Å². The van der Waals surface area contributed by atoms with Gasteiger partial charge >= 0.3 is 12.6 Å². The summed E-state index contributed by atoms with van der Waals surface area (Å²) in [5, 5.41) is 10.9. The molecule has 2 atom stereocenters. The van der Waals surface area contributed by atoms with Gasteiger partial charge in [-0.3, -0.25) is 19.5 Å². The summed E-state index contributed by atoms with van der Waals surface area (Å²) in [6.45, 7) is 1.60. The van der Waals surface area contributed by atoms with Gasteiger partial charge in [-0.15, -0.1) is 0 Å². The van der Waals surface area contributed by atoms with Crippen LogP contribution in [0.3, 0.4) is 0 Å². The van der Waals surface area contributed by atoms with Gasteiger partial charge in [-0.1, -0.05) is 24.3 Å². The summed E-state index contributed by atoms with van der Waals surface area (Å²) in [6, 6.07) is 10.2. The summed E-state index contributed by atoms with van der Waals surface area (Å²) < 4.78 is 30.5. The predicted molar refractivity (Wildman–Crippen MR) is 136 cm³/mol. The molecule has 0 spiro atoms. The van der Waals surface area contributed by atoms with Crippen molar-refractivity contribution in [1.82, 2.24) is 19.7 Å². The number of phenols is 1. The molecular weight excluding hydrogens is 494 g/mol. The summed E-state index contributed by atoms with van der Waals surface area (Å²) in [5.41, 5.74) is 1.58. The van der Waals surface area contributed by atoms with Crippen molar-refractivity contribution in [2.45, 2.75) is 38.0 Å². The first-order valence-electron chi connectivity index (χ1n) is 12.7. The molecule has 198 valence electrons. The maximum Gasteiger partial charge on any atom is 0.387 e. The number of rotatable bonds is 7. The third kappa shape index (κ3) is 3.91. The first-order chi connectivity index (χ1) is 18.3. The Morgan fingerprint density at radius 2 is 1.92 bits per heavy atom. The molecule has 3 aliphatic rings. The number of urea groups is 1. The van der Waals surface area contributed by atoms with Crippen LogP contribution in [0.5, 0.6) is 11.5 Å². The molecule has 0 saturated carbocycles. The highest BCUT2D eigenvalue weighted by Gasteiger charge is 2.60. The SMILES string of the molecule is CC12Cc3c([nH]c4ccc(OC(F)F)cc34)[C@@H](c3cccc(O)c3)N1C(=O)N(CCCN1CC=CC1)C2=O. The van der Waals surface area contributed by atoms with E-state index in [-0.39, 0.29) is 29.9 Å². The Balaban J connectivity index is 1.42. The minimum atomic E-state index is -2.96. The van der Waals surface area contributed by atoms with Crippen molar-refractivity contribution < 1.29 is 28.2 Å². The van der Waals surface area contributed by atoms with E-state index in [0.717, 1.165) is 25.2 Å². The number of alkyl halides is 2. The number of amides is 3. The Morgan fingerprint density at radius 1 is 1.13 bits per heavy atom. The van der Waals surface area contributed by atoms with E-state index in [1.54, 1.807) is 48.2 Å². The largest absolute Gasteiger partial charge is 0.508 e. The Kier molecular flexibility index (Phi) is 5.86. The molecule has 0 bridgehead atoms. The number of aromatic amines is 1. The van der Waals surface area contributed by atoms with Crippen LogP contribution in [0.4, 0.5) is 13.6 Å². The first kappa shape index (κ1) is 24.4. The van der Waals surface area contributed by atoms with Crippen LogP contribution in [0, 0.1) is 0 Å². The molecule has 0 aliphatic carbocycles. The lowest BCUT2D eigenvalue weighted by atomic mass is 9.81. The predicted octanol–water partition coefficient (Wildman–Crippen LogP) is 4.41. The molecule has 3 aliphatic heterocycles. The number of carbonyl (C=O) groups is 2. The standard InChI is InChI=1S/C28H28F2N4O4/c1-28-16-21-20-15-19(38-26(29)30)8-9-22(20)31-23(21)24(17-6-4-7-18(35)14-17)34(28)27(37)33(25(28)36)13-5-12-32-10-2-3-11-32/h2-4,6-9,14-15,24,26,31,35H,5,10-13,16H2,1H3/t24-,28?/m1/s1. The highest BCUT2D eigenvalue weighted by Crippen LogP contribution is 2.49. The van der Waals surface area contributed by atoms with E-state index in [1.165, 1.54) is 11.0 Å². The van der Waals surface area contributed by atoms with Gasteiger partial charge in [-0.05, 0) is 54.8 Å². The van der Waals surface area contributed by atoms with Gasteiger partial charge in [0.05, 0.1) is 0 Å². The molecule has 10 heteroatoms. The van der Waals surface area contributed by atoms with E-state index in [0.29, 0.717) is 35.1 Å². The zero-order valence-electron chi connectivity index (χ0n) is 20.9. The maximum atomic E-state index is 13.9. The van der Waals surface area contributed by atoms with Crippen LogP contribution in [0.1, 0.15) is 36.2 Å². The van der Waals surface area contributed by atoms with Crippen molar-refractivity contribution in [2.24, 2.45) is 0 Å². The van der Waals surface area contributed by atoms with Crippen LogP contribution in [-0.2, 0) is 11.2 Å². The van der Waals surface area contributed by atoms with Gasteiger partial charge in [0, 0.05) is 49.2 Å². The molecule has 38 heavy (non-hydrogen) atoms. The first-order valence-corrected chi connectivity index (χ1v) is 12.7. The number of carbonyl (C=O) groups excluding carboxylic acids is 2. The molecule has 8 nitrogen and oxygen atoms in total. The number of fused-ring (bicyclic) bond motifs is 4. The molecule has 3 amide bonds. The number of phenolic OH excluding ortho intramolecular Hbond substituents is 1. The number of aromatic hydroxyl groups is 1. The normalized spacial score (nSPS) is 23.1. The van der Waals surface area contributed by atoms with Gasteiger partial charge < -0.3 is 14.8 Å². The van der Waals surface area contributed by atoms with E-state index in [1.807, 2.05) is 0 Å². The number of nitrogens with zero attached hydrogens (tertiary/aromatic N) is 3. The maximum absolute atomic E-state index is 13.9. The number of imide groups is 1. The molecule has 1 unspecified atom stereocenters. The van der Waals surface area contributed by atoms with Gasteiger partial charge in [-0.2, -0.15) is 8.78 Å². The van der Waals surface area contributed by atoms with E-state index in [4.69, 9.17) is 0 Å². The van der Waals surface area contributed by atoms with E-state index < -0.39 is 18.2 Å². The van der Waals surface area contributed by atoms with Crippen molar-refractivity contribution in [3.63, 3.8) is 0 Å². The van der Waals surface area contributed by atoms with Gasteiger partial charge in [0.2, 0.25) is 0 Å². The van der Waals surface area contributed by atoms with Crippen LogP contribution in [-0.4, -0.2) is 75.1 Å². The van der Waals surface area contributed by atoms with Crippen molar-refractivity contribution in [3.05, 3.63) is 71.4 Å². The third-order valence-corrected chi connectivity index (χ3v) is 7.80. The Hall–Kier alpha value is -3.92. The molecule has 2 N–H and O–H groups in total. The van der Waals surface area contributed by atoms with Crippen LogP contribution in [0.2, 0.25) is 0 Å². The summed E-state index contributed by atoms with van der Waals surface area (Å²) in [5.74, 6) is -0.232. The zero-order chi connectivity index (χ0) is 26.6. The topological polar surface area (TPSA) is 89.1 Å². The third-order valence-electron chi connectivity index (χ3n) is 7.80. The molecule has 1 aromatic heterocycles. The van der Waals surface area contributed by atoms with Crippen LogP contribution in [0.15, 0.2) is 54.6 Å². The lowest BCUT2D eigenvalue weighted by Crippen LogP contribution is -2.53. The van der Waals surface area contributed by atoms with Crippen molar-refractivity contribution in [3.8, 4) is 11.5 Å². The average molecular weight is 523 g/mol. The summed E-state index contributed by atoms with van der Waals surface area (Å²) in [7, 11) is 0. The lowest BCUT2D eigenvalue weighted by Gasteiger charge is -2.42. The lowest BCUT2D eigenvalue weighted by molar-refractivity contribution is -0.133. The number of hydrogen-bond donors (Lipinski definition) is 2. The molecular formula is C28H28F2N4O4. The molecule has 4 heterocycles. The smallest absolute Gasteiger partial charge is 0.387 e. The number of ether oxygens (including phenoxy) is 1. The Morgan fingerprint density at radius 3 is 2.66 bits per heavy atom. The minimum absolute atomic E-state index is 0.0163. The van der Waals surface area contributed by atoms with Gasteiger partial charge in [-0.25, -0.2) is 4.79 Å². The second-order valence-electron chi connectivity index (χ2n) is 10.2. The van der Waals surface area contributed by atoms with E-state index in [2.05, 4.69) is 26.8 Å². The van der Waals surface area contributed by atoms with Crippen molar-refractivity contribution >= 4 is 22.8 Å². The number of nitrogens with one attached hydrogen (secondary N) is 1. The number of H-pyrrole nitrogens is 1. The van der Waals surface area contributed by atoms with Crippen LogP contribution < -0.4 is 4.74 Å². The highest BCUT2D eigenvalue weighted by atomic mass is 19.3. The monoisotopic (exact) mass is 522 g/mol. The Bertz CT molecular complexity index is 1450. The van der Waals surface area contributed by atoms with Gasteiger partial charge in [0.25, 0.3) is 5.91 Å².